The Morgan fingerprint density at radius 3 is 2.72 bits per heavy atom. The molecule has 0 aliphatic carbocycles. The van der Waals surface area contributed by atoms with Crippen molar-refractivity contribution in [2.45, 2.75) is 19.6 Å². The highest BCUT2D eigenvalue weighted by atomic mass is 15.4. The second kappa shape index (κ2) is 5.75. The summed E-state index contributed by atoms with van der Waals surface area (Å²) < 4.78 is 1.72. The summed E-state index contributed by atoms with van der Waals surface area (Å²) in [6.07, 6.45) is 1.94. The molecule has 0 fully saturated rings. The Labute approximate surface area is 107 Å². The molecule has 18 heavy (non-hydrogen) atoms. The second-order valence-corrected chi connectivity index (χ2v) is 4.58. The number of aromatic nitrogens is 3. The van der Waals surface area contributed by atoms with Gasteiger partial charge < -0.3 is 5.73 Å². The number of hydrogen-bond donors (Lipinski definition) is 1. The van der Waals surface area contributed by atoms with Crippen molar-refractivity contribution in [1.29, 1.82) is 0 Å². The Kier molecular flexibility index (Phi) is 4.07. The molecule has 0 aliphatic rings. The third-order valence-corrected chi connectivity index (χ3v) is 2.76. The van der Waals surface area contributed by atoms with Crippen molar-refractivity contribution < 1.29 is 0 Å². The summed E-state index contributed by atoms with van der Waals surface area (Å²) in [7, 11) is 3.95. The van der Waals surface area contributed by atoms with Gasteiger partial charge in [-0.25, -0.2) is 0 Å². The molecule has 1 aromatic carbocycles. The molecule has 0 bridgehead atoms. The van der Waals surface area contributed by atoms with Gasteiger partial charge in [0.1, 0.15) is 0 Å². The first-order valence-electron chi connectivity index (χ1n) is 5.99. The number of aryl methyl sites for hydroxylation is 1. The summed E-state index contributed by atoms with van der Waals surface area (Å²) in [6, 6.07) is 8.36. The lowest BCUT2D eigenvalue weighted by molar-refractivity contribution is 0.315. The predicted octanol–water partition coefficient (Wildman–Crippen LogP) is 0.906. The topological polar surface area (TPSA) is 60.0 Å². The monoisotopic (exact) mass is 245 g/mol. The summed E-state index contributed by atoms with van der Waals surface area (Å²) in [5.74, 6) is 0. The zero-order valence-electron chi connectivity index (χ0n) is 10.9. The lowest BCUT2D eigenvalue weighted by atomic mass is 10.1. The van der Waals surface area contributed by atoms with E-state index in [0.29, 0.717) is 6.54 Å². The fourth-order valence-corrected chi connectivity index (χ4v) is 1.97. The summed E-state index contributed by atoms with van der Waals surface area (Å²) in [5, 5.41) is 8.01. The molecule has 0 radical (unpaired) electrons. The molecule has 96 valence electrons. The van der Waals surface area contributed by atoms with Crippen molar-refractivity contribution in [2.75, 3.05) is 7.05 Å². The molecule has 1 heterocycles. The van der Waals surface area contributed by atoms with Crippen LogP contribution in [0.25, 0.3) is 0 Å². The molecular weight excluding hydrogens is 226 g/mol. The van der Waals surface area contributed by atoms with Crippen LogP contribution in [-0.2, 0) is 26.7 Å². The Hall–Kier alpha value is -1.72. The van der Waals surface area contributed by atoms with Crippen molar-refractivity contribution in [1.82, 2.24) is 19.9 Å². The van der Waals surface area contributed by atoms with E-state index in [2.05, 4.69) is 34.4 Å². The van der Waals surface area contributed by atoms with Crippen molar-refractivity contribution in [3.05, 3.63) is 47.3 Å². The summed E-state index contributed by atoms with van der Waals surface area (Å²) in [4.78, 5) is 2.21. The van der Waals surface area contributed by atoms with Gasteiger partial charge in [-0.05, 0) is 18.2 Å². The van der Waals surface area contributed by atoms with Crippen molar-refractivity contribution in [2.24, 2.45) is 12.8 Å². The van der Waals surface area contributed by atoms with Gasteiger partial charge in [0.05, 0.1) is 5.69 Å². The highest BCUT2D eigenvalue weighted by Gasteiger charge is 2.05. The minimum Gasteiger partial charge on any atom is -0.326 e. The molecule has 0 saturated carbocycles. The fraction of sp³-hybridized carbons (Fsp3) is 0.385. The van der Waals surface area contributed by atoms with Gasteiger partial charge in [-0.15, -0.1) is 5.10 Å². The van der Waals surface area contributed by atoms with Gasteiger partial charge in [0.2, 0.25) is 0 Å². The van der Waals surface area contributed by atoms with Crippen LogP contribution in [0.4, 0.5) is 0 Å². The van der Waals surface area contributed by atoms with E-state index in [1.54, 1.807) is 4.68 Å². The van der Waals surface area contributed by atoms with Crippen molar-refractivity contribution in [3.63, 3.8) is 0 Å². The van der Waals surface area contributed by atoms with E-state index in [0.717, 1.165) is 18.8 Å². The number of rotatable bonds is 5. The molecule has 0 spiro atoms. The second-order valence-electron chi connectivity index (χ2n) is 4.58. The third-order valence-electron chi connectivity index (χ3n) is 2.76. The zero-order chi connectivity index (χ0) is 13.0. The highest BCUT2D eigenvalue weighted by Crippen LogP contribution is 2.08. The van der Waals surface area contributed by atoms with E-state index in [1.165, 1.54) is 11.1 Å². The molecule has 0 aliphatic heterocycles. The molecule has 1 aromatic heterocycles. The molecular formula is C13H19N5. The van der Waals surface area contributed by atoms with Gasteiger partial charge in [-0.3, -0.25) is 9.58 Å². The average Bonchev–Trinajstić information content (AvgIpc) is 2.74. The first-order valence-corrected chi connectivity index (χ1v) is 5.99. The maximum atomic E-state index is 5.64. The number of hydrogen-bond acceptors (Lipinski definition) is 4. The van der Waals surface area contributed by atoms with Crippen LogP contribution in [0.15, 0.2) is 30.5 Å². The van der Waals surface area contributed by atoms with Gasteiger partial charge in [0.15, 0.2) is 0 Å². The molecule has 0 unspecified atom stereocenters. The van der Waals surface area contributed by atoms with Crippen LogP contribution in [0.5, 0.6) is 0 Å². The van der Waals surface area contributed by atoms with E-state index in [1.807, 2.05) is 25.4 Å². The van der Waals surface area contributed by atoms with Gasteiger partial charge >= 0.3 is 0 Å². The van der Waals surface area contributed by atoms with Crippen LogP contribution in [0, 0.1) is 0 Å². The standard InChI is InChI=1S/C13H19N5/c1-17(9-13-10-18(2)16-15-13)8-12-5-3-4-11(6-12)7-14/h3-6,10H,7-9,14H2,1-2H3. The van der Waals surface area contributed by atoms with E-state index in [-0.39, 0.29) is 0 Å². The number of nitrogens with two attached hydrogens (primary N) is 1. The maximum absolute atomic E-state index is 5.64. The third kappa shape index (κ3) is 3.38. The predicted molar refractivity (Wildman–Crippen MR) is 70.5 cm³/mol. The normalized spacial score (nSPS) is 11.1. The molecule has 0 saturated heterocycles. The lowest BCUT2D eigenvalue weighted by Gasteiger charge is -2.15. The molecule has 5 nitrogen and oxygen atoms in total. The zero-order valence-corrected chi connectivity index (χ0v) is 10.9. The summed E-state index contributed by atoms with van der Waals surface area (Å²) in [5.41, 5.74) is 9.06. The minimum atomic E-state index is 0.585. The molecule has 0 amide bonds. The lowest BCUT2D eigenvalue weighted by Crippen LogP contribution is -2.17. The Balaban J connectivity index is 1.96. The van der Waals surface area contributed by atoms with Crippen LogP contribution < -0.4 is 5.73 Å². The van der Waals surface area contributed by atoms with E-state index < -0.39 is 0 Å². The van der Waals surface area contributed by atoms with Crippen LogP contribution in [0.3, 0.4) is 0 Å². The molecule has 0 atom stereocenters. The molecule has 2 N–H and O–H groups in total. The van der Waals surface area contributed by atoms with Crippen LogP contribution in [-0.4, -0.2) is 26.9 Å². The Morgan fingerprint density at radius 1 is 1.28 bits per heavy atom. The van der Waals surface area contributed by atoms with Gasteiger partial charge in [-0.2, -0.15) is 0 Å². The number of benzene rings is 1. The SMILES string of the molecule is CN(Cc1cccc(CN)c1)Cc1cn(C)nn1. The van der Waals surface area contributed by atoms with Gasteiger partial charge in [-0.1, -0.05) is 29.5 Å². The summed E-state index contributed by atoms with van der Waals surface area (Å²) >= 11 is 0. The van der Waals surface area contributed by atoms with Gasteiger partial charge in [0, 0.05) is 32.9 Å². The highest BCUT2D eigenvalue weighted by molar-refractivity contribution is 5.23. The first kappa shape index (κ1) is 12.7. The van der Waals surface area contributed by atoms with Crippen molar-refractivity contribution in [3.8, 4) is 0 Å². The van der Waals surface area contributed by atoms with E-state index in [4.69, 9.17) is 5.73 Å². The Bertz CT molecular complexity index is 506. The van der Waals surface area contributed by atoms with Gasteiger partial charge in [0.25, 0.3) is 0 Å². The van der Waals surface area contributed by atoms with Crippen LogP contribution in [0.1, 0.15) is 16.8 Å². The smallest absolute Gasteiger partial charge is 0.0967 e. The molecule has 2 aromatic rings. The minimum absolute atomic E-state index is 0.585. The Morgan fingerprint density at radius 2 is 2.06 bits per heavy atom. The van der Waals surface area contributed by atoms with E-state index in [9.17, 15) is 0 Å². The quantitative estimate of drug-likeness (QED) is 0.850. The number of nitrogens with zero attached hydrogens (tertiary/aromatic N) is 4. The van der Waals surface area contributed by atoms with E-state index >= 15 is 0 Å². The summed E-state index contributed by atoms with van der Waals surface area (Å²) in [6.45, 7) is 2.26. The largest absolute Gasteiger partial charge is 0.326 e. The molecule has 5 heteroatoms. The molecule has 2 rings (SSSR count). The average molecular weight is 245 g/mol. The van der Waals surface area contributed by atoms with Crippen LogP contribution >= 0.6 is 0 Å². The van der Waals surface area contributed by atoms with Crippen LogP contribution in [0.2, 0.25) is 0 Å². The first-order chi connectivity index (χ1) is 8.67. The maximum Gasteiger partial charge on any atom is 0.0967 e. The fourth-order valence-electron chi connectivity index (χ4n) is 1.97. The van der Waals surface area contributed by atoms with Crippen molar-refractivity contribution >= 4 is 0 Å².